The fourth-order valence-corrected chi connectivity index (χ4v) is 2.13. The molecule has 0 fully saturated rings. The molecule has 0 aliphatic rings. The molecule has 2 rings (SSSR count). The summed E-state index contributed by atoms with van der Waals surface area (Å²) in [4.78, 5) is 12.4. The molecule has 0 aliphatic carbocycles. The van der Waals surface area contributed by atoms with Crippen molar-refractivity contribution in [3.05, 3.63) is 59.7 Å². The van der Waals surface area contributed by atoms with Crippen molar-refractivity contribution >= 4 is 24.0 Å². The lowest BCUT2D eigenvalue weighted by atomic mass is 10.1. The highest BCUT2D eigenvalue weighted by Crippen LogP contribution is 2.18. The lowest BCUT2D eigenvalue weighted by molar-refractivity contribution is 0.102. The van der Waals surface area contributed by atoms with Crippen LogP contribution >= 0.6 is 12.4 Å². The molecule has 0 unspecified atom stereocenters. The van der Waals surface area contributed by atoms with Crippen molar-refractivity contribution in [2.24, 2.45) is 0 Å². The van der Waals surface area contributed by atoms with Crippen LogP contribution in [0.3, 0.4) is 0 Å². The number of rotatable bonds is 7. The molecule has 0 atom stereocenters. The molecule has 2 aromatic rings. The molecule has 124 valence electrons. The second kappa shape index (κ2) is 9.87. The van der Waals surface area contributed by atoms with Crippen LogP contribution < -0.4 is 15.4 Å². The monoisotopic (exact) mass is 334 g/mol. The molecule has 0 aromatic heterocycles. The summed E-state index contributed by atoms with van der Waals surface area (Å²) in [6.07, 6.45) is 0.938. The molecule has 0 bridgehead atoms. The molecule has 2 aromatic carbocycles. The van der Waals surface area contributed by atoms with Gasteiger partial charge in [-0.25, -0.2) is 0 Å². The first-order valence-electron chi connectivity index (χ1n) is 7.51. The van der Waals surface area contributed by atoms with Gasteiger partial charge in [0.05, 0.1) is 6.61 Å². The summed E-state index contributed by atoms with van der Waals surface area (Å²) in [6, 6.07) is 15.0. The van der Waals surface area contributed by atoms with Gasteiger partial charge in [0.1, 0.15) is 5.75 Å². The molecule has 2 N–H and O–H groups in total. The number of halogens is 1. The maximum Gasteiger partial charge on any atom is 0.255 e. The molecule has 0 aliphatic heterocycles. The SMILES string of the molecule is CCCOc1cccc(C(=O)Nc2ccccc2CNC)c1.Cl. The van der Waals surface area contributed by atoms with Crippen molar-refractivity contribution < 1.29 is 9.53 Å². The first kappa shape index (κ1) is 19.0. The second-order valence-electron chi connectivity index (χ2n) is 5.02. The van der Waals surface area contributed by atoms with Crippen LogP contribution in [-0.2, 0) is 6.54 Å². The molecule has 0 radical (unpaired) electrons. The van der Waals surface area contributed by atoms with Crippen molar-refractivity contribution in [2.45, 2.75) is 19.9 Å². The third kappa shape index (κ3) is 5.58. The Kier molecular flexibility index (Phi) is 8.16. The Morgan fingerprint density at radius 1 is 1.13 bits per heavy atom. The molecular weight excluding hydrogens is 312 g/mol. The van der Waals surface area contributed by atoms with E-state index in [-0.39, 0.29) is 18.3 Å². The van der Waals surface area contributed by atoms with Gasteiger partial charge in [-0.1, -0.05) is 31.2 Å². The lowest BCUT2D eigenvalue weighted by Crippen LogP contribution is -2.15. The summed E-state index contributed by atoms with van der Waals surface area (Å²) in [7, 11) is 1.88. The van der Waals surface area contributed by atoms with E-state index in [2.05, 4.69) is 17.6 Å². The zero-order valence-corrected chi connectivity index (χ0v) is 14.3. The van der Waals surface area contributed by atoms with Gasteiger partial charge in [-0.15, -0.1) is 12.4 Å². The molecule has 4 nitrogen and oxygen atoms in total. The normalized spacial score (nSPS) is 9.83. The highest BCUT2D eigenvalue weighted by atomic mass is 35.5. The Bertz CT molecular complexity index is 632. The van der Waals surface area contributed by atoms with Gasteiger partial charge in [0.15, 0.2) is 0 Å². The van der Waals surface area contributed by atoms with E-state index in [0.29, 0.717) is 18.7 Å². The molecule has 23 heavy (non-hydrogen) atoms. The van der Waals surface area contributed by atoms with Gasteiger partial charge >= 0.3 is 0 Å². The van der Waals surface area contributed by atoms with Crippen molar-refractivity contribution in [1.29, 1.82) is 0 Å². The number of para-hydroxylation sites is 1. The van der Waals surface area contributed by atoms with Gasteiger partial charge in [0.25, 0.3) is 5.91 Å². The Labute approximate surface area is 143 Å². The Morgan fingerprint density at radius 2 is 1.91 bits per heavy atom. The largest absolute Gasteiger partial charge is 0.494 e. The molecule has 0 heterocycles. The summed E-state index contributed by atoms with van der Waals surface area (Å²) in [6.45, 7) is 3.40. The van der Waals surface area contributed by atoms with Crippen LogP contribution in [0.25, 0.3) is 0 Å². The Morgan fingerprint density at radius 3 is 2.65 bits per heavy atom. The minimum absolute atomic E-state index is 0. The first-order valence-corrected chi connectivity index (χ1v) is 7.51. The van der Waals surface area contributed by atoms with E-state index >= 15 is 0 Å². The number of nitrogens with one attached hydrogen (secondary N) is 2. The van der Waals surface area contributed by atoms with Gasteiger partial charge in [0, 0.05) is 17.8 Å². The minimum atomic E-state index is -0.134. The third-order valence-corrected chi connectivity index (χ3v) is 3.20. The number of carbonyl (C=O) groups is 1. The summed E-state index contributed by atoms with van der Waals surface area (Å²) >= 11 is 0. The summed E-state index contributed by atoms with van der Waals surface area (Å²) in [5.41, 5.74) is 2.46. The average molecular weight is 335 g/mol. The van der Waals surface area contributed by atoms with Crippen molar-refractivity contribution in [3.63, 3.8) is 0 Å². The first-order chi connectivity index (χ1) is 10.7. The van der Waals surface area contributed by atoms with Gasteiger partial charge in [-0.2, -0.15) is 0 Å². The molecular formula is C18H23ClN2O2. The second-order valence-corrected chi connectivity index (χ2v) is 5.02. The maximum absolute atomic E-state index is 12.4. The summed E-state index contributed by atoms with van der Waals surface area (Å²) in [5, 5.41) is 6.06. The predicted molar refractivity (Wildman–Crippen MR) is 96.6 cm³/mol. The quantitative estimate of drug-likeness (QED) is 0.808. The molecule has 0 saturated carbocycles. The third-order valence-electron chi connectivity index (χ3n) is 3.20. The van der Waals surface area contributed by atoms with Crippen LogP contribution in [0.1, 0.15) is 29.3 Å². The van der Waals surface area contributed by atoms with Crippen LogP contribution in [-0.4, -0.2) is 19.6 Å². The zero-order chi connectivity index (χ0) is 15.8. The van der Waals surface area contributed by atoms with Crippen LogP contribution in [0.2, 0.25) is 0 Å². The van der Waals surface area contributed by atoms with Crippen LogP contribution in [0.4, 0.5) is 5.69 Å². The van der Waals surface area contributed by atoms with Crippen LogP contribution in [0.15, 0.2) is 48.5 Å². The maximum atomic E-state index is 12.4. The average Bonchev–Trinajstić information content (AvgIpc) is 2.55. The number of hydrogen-bond donors (Lipinski definition) is 2. The van der Waals surface area contributed by atoms with Gasteiger partial charge < -0.3 is 15.4 Å². The van der Waals surface area contributed by atoms with E-state index in [1.54, 1.807) is 12.1 Å². The molecule has 0 saturated heterocycles. The topological polar surface area (TPSA) is 50.4 Å². The number of hydrogen-bond acceptors (Lipinski definition) is 3. The molecule has 1 amide bonds. The molecule has 5 heteroatoms. The molecule has 0 spiro atoms. The van der Waals surface area contributed by atoms with Crippen molar-refractivity contribution in [2.75, 3.05) is 19.0 Å². The van der Waals surface area contributed by atoms with Crippen molar-refractivity contribution in [1.82, 2.24) is 5.32 Å². The number of anilines is 1. The zero-order valence-electron chi connectivity index (χ0n) is 13.5. The Hall–Kier alpha value is -2.04. The predicted octanol–water partition coefficient (Wildman–Crippen LogP) is 3.87. The number of ether oxygens (including phenoxy) is 1. The smallest absolute Gasteiger partial charge is 0.255 e. The highest BCUT2D eigenvalue weighted by molar-refractivity contribution is 6.04. The highest BCUT2D eigenvalue weighted by Gasteiger charge is 2.09. The van der Waals surface area contributed by atoms with Gasteiger partial charge in [0.2, 0.25) is 0 Å². The van der Waals surface area contributed by atoms with E-state index in [0.717, 1.165) is 23.4 Å². The van der Waals surface area contributed by atoms with E-state index in [9.17, 15) is 4.79 Å². The van der Waals surface area contributed by atoms with Crippen LogP contribution in [0, 0.1) is 0 Å². The summed E-state index contributed by atoms with van der Waals surface area (Å²) < 4.78 is 5.57. The fraction of sp³-hybridized carbons (Fsp3) is 0.278. The number of amides is 1. The minimum Gasteiger partial charge on any atom is -0.494 e. The lowest BCUT2D eigenvalue weighted by Gasteiger charge is -2.11. The van der Waals surface area contributed by atoms with Gasteiger partial charge in [-0.3, -0.25) is 4.79 Å². The van der Waals surface area contributed by atoms with E-state index in [1.807, 2.05) is 43.4 Å². The van der Waals surface area contributed by atoms with E-state index in [1.165, 1.54) is 0 Å². The fourth-order valence-electron chi connectivity index (χ4n) is 2.13. The van der Waals surface area contributed by atoms with E-state index < -0.39 is 0 Å². The van der Waals surface area contributed by atoms with Crippen molar-refractivity contribution in [3.8, 4) is 5.75 Å². The standard InChI is InChI=1S/C18H22N2O2.ClH/c1-3-11-22-16-9-6-8-14(12-16)18(21)20-17-10-5-4-7-15(17)13-19-2;/h4-10,12,19H,3,11,13H2,1-2H3,(H,20,21);1H. The van der Waals surface area contributed by atoms with Crippen LogP contribution in [0.5, 0.6) is 5.75 Å². The van der Waals surface area contributed by atoms with E-state index in [4.69, 9.17) is 4.74 Å². The number of carbonyl (C=O) groups excluding carboxylic acids is 1. The Balaban J connectivity index is 0.00000264. The summed E-state index contributed by atoms with van der Waals surface area (Å²) in [5.74, 6) is 0.587. The number of benzene rings is 2. The van der Waals surface area contributed by atoms with Gasteiger partial charge in [-0.05, 0) is 43.3 Å².